The summed E-state index contributed by atoms with van der Waals surface area (Å²) in [6, 6.07) is 3.43. The van der Waals surface area contributed by atoms with Crippen LogP contribution in [-0.2, 0) is 0 Å². The monoisotopic (exact) mass is 376 g/mol. The Kier molecular flexibility index (Phi) is 5.55. The van der Waals surface area contributed by atoms with Crippen LogP contribution in [0.2, 0.25) is 0 Å². The van der Waals surface area contributed by atoms with E-state index in [4.69, 9.17) is 9.47 Å². The summed E-state index contributed by atoms with van der Waals surface area (Å²) < 4.78 is 10.4. The standard InChI is InChI=1S/C19H25N3O5/c1-4-22-7-5-6-11(22)10-20-18(24)16-17(23)12-8-14(26-2)15(27-3)9-13(12)21-19(16)25/h8-9,11H,4-7,10H2,1-3H3,(H,20,24)(H2,21,23,25)/p+1. The van der Waals surface area contributed by atoms with Gasteiger partial charge in [0.15, 0.2) is 11.5 Å². The molecule has 27 heavy (non-hydrogen) atoms. The number of H-pyrrole nitrogens is 1. The second-order valence-electron chi connectivity index (χ2n) is 6.74. The average Bonchev–Trinajstić information content (AvgIpc) is 3.13. The van der Waals surface area contributed by atoms with Crippen LogP contribution in [0.4, 0.5) is 0 Å². The van der Waals surface area contributed by atoms with E-state index in [1.807, 2.05) is 0 Å². The van der Waals surface area contributed by atoms with E-state index in [1.165, 1.54) is 25.2 Å². The highest BCUT2D eigenvalue weighted by Crippen LogP contribution is 2.35. The van der Waals surface area contributed by atoms with E-state index in [0.717, 1.165) is 25.9 Å². The number of likely N-dealkylation sites (N-methyl/N-ethyl adjacent to an activating group) is 1. The summed E-state index contributed by atoms with van der Waals surface area (Å²) in [5.74, 6) is -0.126. The van der Waals surface area contributed by atoms with E-state index < -0.39 is 11.5 Å². The lowest BCUT2D eigenvalue weighted by Gasteiger charge is -2.20. The number of nitrogens with one attached hydrogen (secondary N) is 3. The largest absolute Gasteiger partial charge is 0.506 e. The molecule has 2 aromatic rings. The molecule has 1 saturated heterocycles. The molecule has 8 heteroatoms. The lowest BCUT2D eigenvalue weighted by Crippen LogP contribution is -3.14. The van der Waals surface area contributed by atoms with Gasteiger partial charge < -0.3 is 29.8 Å². The number of ether oxygens (including phenoxy) is 2. The van der Waals surface area contributed by atoms with Crippen LogP contribution in [0, 0.1) is 0 Å². The topological polar surface area (TPSA) is 105 Å². The average molecular weight is 376 g/mol. The van der Waals surface area contributed by atoms with Crippen molar-refractivity contribution in [2.75, 3.05) is 33.9 Å². The van der Waals surface area contributed by atoms with E-state index in [1.54, 1.807) is 6.07 Å². The van der Waals surface area contributed by atoms with Crippen molar-refractivity contribution in [3.8, 4) is 17.2 Å². The van der Waals surface area contributed by atoms with Crippen LogP contribution in [0.1, 0.15) is 30.1 Å². The molecule has 0 spiro atoms. The third-order valence-corrected chi connectivity index (χ3v) is 5.31. The van der Waals surface area contributed by atoms with Gasteiger partial charge in [0.05, 0.1) is 39.4 Å². The number of aromatic amines is 1. The summed E-state index contributed by atoms with van der Waals surface area (Å²) in [6.45, 7) is 4.70. The van der Waals surface area contributed by atoms with Gasteiger partial charge in [-0.3, -0.25) is 9.59 Å². The number of benzene rings is 1. The van der Waals surface area contributed by atoms with Crippen LogP contribution in [0.3, 0.4) is 0 Å². The van der Waals surface area contributed by atoms with Crippen molar-refractivity contribution in [2.24, 2.45) is 0 Å². The molecule has 8 nitrogen and oxygen atoms in total. The lowest BCUT2D eigenvalue weighted by atomic mass is 10.1. The Labute approximate surface area is 157 Å². The van der Waals surface area contributed by atoms with Crippen LogP contribution < -0.4 is 25.2 Å². The molecule has 2 heterocycles. The third kappa shape index (κ3) is 3.57. The highest BCUT2D eigenvalue weighted by Gasteiger charge is 2.28. The molecule has 1 amide bonds. The molecule has 4 N–H and O–H groups in total. The first kappa shape index (κ1) is 19.0. The molecule has 3 rings (SSSR count). The zero-order chi connectivity index (χ0) is 19.6. The van der Waals surface area contributed by atoms with Crippen LogP contribution >= 0.6 is 0 Å². The van der Waals surface area contributed by atoms with E-state index in [-0.39, 0.29) is 11.3 Å². The van der Waals surface area contributed by atoms with Crippen molar-refractivity contribution in [3.05, 3.63) is 28.0 Å². The summed E-state index contributed by atoms with van der Waals surface area (Å²) in [6.07, 6.45) is 2.17. The molecule has 2 atom stereocenters. The zero-order valence-corrected chi connectivity index (χ0v) is 15.8. The second kappa shape index (κ2) is 7.87. The minimum Gasteiger partial charge on any atom is -0.506 e. The summed E-state index contributed by atoms with van der Waals surface area (Å²) in [5.41, 5.74) is -0.564. The van der Waals surface area contributed by atoms with Crippen molar-refractivity contribution in [2.45, 2.75) is 25.8 Å². The first-order valence-corrected chi connectivity index (χ1v) is 9.13. The van der Waals surface area contributed by atoms with Gasteiger partial charge in [-0.1, -0.05) is 0 Å². The molecule has 1 aromatic carbocycles. The predicted molar refractivity (Wildman–Crippen MR) is 101 cm³/mol. The number of aromatic nitrogens is 1. The lowest BCUT2D eigenvalue weighted by molar-refractivity contribution is -0.909. The van der Waals surface area contributed by atoms with Crippen LogP contribution in [0.25, 0.3) is 10.9 Å². The number of carbonyl (C=O) groups is 1. The molecule has 2 unspecified atom stereocenters. The molecule has 0 bridgehead atoms. The number of rotatable bonds is 6. The fourth-order valence-electron chi connectivity index (χ4n) is 3.82. The summed E-state index contributed by atoms with van der Waals surface area (Å²) in [5, 5.41) is 13.7. The van der Waals surface area contributed by atoms with Gasteiger partial charge in [-0.2, -0.15) is 0 Å². The normalized spacial score (nSPS) is 19.2. The van der Waals surface area contributed by atoms with Gasteiger partial charge in [-0.05, 0) is 13.0 Å². The van der Waals surface area contributed by atoms with Gasteiger partial charge in [-0.15, -0.1) is 0 Å². The molecule has 146 valence electrons. The van der Waals surface area contributed by atoms with Crippen molar-refractivity contribution < 1.29 is 24.3 Å². The molecule has 1 fully saturated rings. The SMILES string of the molecule is CC[NH+]1CCCC1CNC(=O)c1c(O)c2cc(OC)c(OC)cc2[nH]c1=O. The number of hydrogen-bond acceptors (Lipinski definition) is 5. The summed E-state index contributed by atoms with van der Waals surface area (Å²) >= 11 is 0. The Balaban J connectivity index is 1.91. The number of amides is 1. The van der Waals surface area contributed by atoms with Gasteiger partial charge in [0.25, 0.3) is 11.5 Å². The number of carbonyl (C=O) groups excluding carboxylic acids is 1. The Morgan fingerprint density at radius 2 is 2.04 bits per heavy atom. The minimum absolute atomic E-state index is 0.286. The maximum Gasteiger partial charge on any atom is 0.265 e. The van der Waals surface area contributed by atoms with Gasteiger partial charge >= 0.3 is 0 Å². The molecule has 1 aliphatic heterocycles. The van der Waals surface area contributed by atoms with E-state index in [9.17, 15) is 14.7 Å². The number of fused-ring (bicyclic) bond motifs is 1. The quantitative estimate of drug-likeness (QED) is 0.570. The fraction of sp³-hybridized carbons (Fsp3) is 0.474. The minimum atomic E-state index is -0.643. The summed E-state index contributed by atoms with van der Waals surface area (Å²) in [7, 11) is 2.96. The van der Waals surface area contributed by atoms with E-state index >= 15 is 0 Å². The highest BCUT2D eigenvalue weighted by molar-refractivity contribution is 6.02. The molecule has 1 aliphatic rings. The first-order valence-electron chi connectivity index (χ1n) is 9.13. The molecule has 0 radical (unpaired) electrons. The smallest absolute Gasteiger partial charge is 0.265 e. The van der Waals surface area contributed by atoms with Gasteiger partial charge in [0, 0.05) is 24.3 Å². The predicted octanol–water partition coefficient (Wildman–Crippen LogP) is 0.0479. The molecule has 0 saturated carbocycles. The number of pyridine rings is 1. The highest BCUT2D eigenvalue weighted by atomic mass is 16.5. The Morgan fingerprint density at radius 1 is 1.33 bits per heavy atom. The van der Waals surface area contributed by atoms with Gasteiger partial charge in [0.1, 0.15) is 17.4 Å². The Morgan fingerprint density at radius 3 is 2.70 bits per heavy atom. The van der Waals surface area contributed by atoms with Crippen LogP contribution in [0.5, 0.6) is 17.2 Å². The van der Waals surface area contributed by atoms with Crippen LogP contribution in [0.15, 0.2) is 16.9 Å². The van der Waals surface area contributed by atoms with Crippen molar-refractivity contribution in [3.63, 3.8) is 0 Å². The molecular formula is C19H26N3O5+. The number of aromatic hydroxyl groups is 1. The Hall–Kier alpha value is -2.74. The van der Waals surface area contributed by atoms with E-state index in [0.29, 0.717) is 35.0 Å². The van der Waals surface area contributed by atoms with E-state index in [2.05, 4.69) is 17.2 Å². The maximum absolute atomic E-state index is 12.6. The first-order chi connectivity index (χ1) is 13.0. The van der Waals surface area contributed by atoms with Crippen LogP contribution in [-0.4, -0.2) is 55.9 Å². The Bertz CT molecular complexity index is 908. The second-order valence-corrected chi connectivity index (χ2v) is 6.74. The number of methoxy groups -OCH3 is 2. The summed E-state index contributed by atoms with van der Waals surface area (Å²) in [4.78, 5) is 29.1. The van der Waals surface area contributed by atoms with Crippen molar-refractivity contribution >= 4 is 16.8 Å². The zero-order valence-electron chi connectivity index (χ0n) is 15.8. The number of hydrogen-bond donors (Lipinski definition) is 4. The molecule has 1 aromatic heterocycles. The number of quaternary nitrogens is 1. The third-order valence-electron chi connectivity index (χ3n) is 5.31. The van der Waals surface area contributed by atoms with Gasteiger partial charge in [-0.25, -0.2) is 0 Å². The maximum atomic E-state index is 12.6. The molecule has 0 aliphatic carbocycles. The molecular weight excluding hydrogens is 350 g/mol. The van der Waals surface area contributed by atoms with Gasteiger partial charge in [0.2, 0.25) is 0 Å². The fourth-order valence-corrected chi connectivity index (χ4v) is 3.82. The number of likely N-dealkylation sites (tertiary alicyclic amines) is 1. The van der Waals surface area contributed by atoms with Crippen molar-refractivity contribution in [1.29, 1.82) is 0 Å². The van der Waals surface area contributed by atoms with Crippen molar-refractivity contribution in [1.82, 2.24) is 10.3 Å².